The molecule has 0 unspecified atom stereocenters. The molecule has 0 aromatic heterocycles. The van der Waals surface area contributed by atoms with Gasteiger partial charge in [0.15, 0.2) is 0 Å². The molecule has 0 heterocycles. The van der Waals surface area contributed by atoms with Crippen molar-refractivity contribution in [2.24, 2.45) is 0 Å². The predicted octanol–water partition coefficient (Wildman–Crippen LogP) is 0.329. The molecular formula is C17H17ClF3N. The Morgan fingerprint density at radius 2 is 1.59 bits per heavy atom. The van der Waals surface area contributed by atoms with Gasteiger partial charge in [0.1, 0.15) is 6.54 Å². The average molecular weight is 328 g/mol. The fraction of sp³-hybridized carbons (Fsp3) is 0.294. The van der Waals surface area contributed by atoms with Gasteiger partial charge in [-0.25, -0.2) is 0 Å². The molecule has 0 amide bonds. The van der Waals surface area contributed by atoms with Crippen LogP contribution in [0.25, 0.3) is 0 Å². The van der Waals surface area contributed by atoms with E-state index < -0.39 is 11.7 Å². The van der Waals surface area contributed by atoms with E-state index in [9.17, 15) is 13.2 Å². The van der Waals surface area contributed by atoms with E-state index in [0.717, 1.165) is 30.7 Å². The summed E-state index contributed by atoms with van der Waals surface area (Å²) in [6.45, 7) is 0.728. The number of nitrogens with two attached hydrogens (primary N) is 1. The standard InChI is InChI=1S/C17H16F3N.ClH/c18-17(19,20)14-8-6-12(7-9-14)11-21-16-10-15(16)13-4-2-1-3-5-13;/h1-9,15-16,21H,10-11H2;1H/t15-,16+;/m0./s1. The van der Waals surface area contributed by atoms with Gasteiger partial charge in [0.25, 0.3) is 0 Å². The second kappa shape index (κ2) is 6.71. The molecule has 0 radical (unpaired) electrons. The summed E-state index contributed by atoms with van der Waals surface area (Å²) in [5, 5.41) is 2.22. The molecule has 0 aliphatic heterocycles. The first-order chi connectivity index (χ1) is 10.0. The van der Waals surface area contributed by atoms with Crippen LogP contribution in [0.2, 0.25) is 0 Å². The zero-order chi connectivity index (χ0) is 14.9. The van der Waals surface area contributed by atoms with E-state index >= 15 is 0 Å². The number of alkyl halides is 3. The first kappa shape index (κ1) is 16.8. The van der Waals surface area contributed by atoms with Crippen LogP contribution in [0.15, 0.2) is 54.6 Å². The van der Waals surface area contributed by atoms with E-state index in [-0.39, 0.29) is 12.4 Å². The summed E-state index contributed by atoms with van der Waals surface area (Å²) in [5.41, 5.74) is 1.70. The van der Waals surface area contributed by atoms with Gasteiger partial charge in [0.05, 0.1) is 11.6 Å². The average Bonchev–Trinajstić information content (AvgIpc) is 3.25. The molecule has 2 aromatic rings. The van der Waals surface area contributed by atoms with Crippen molar-refractivity contribution in [1.82, 2.24) is 0 Å². The largest absolute Gasteiger partial charge is 1.00 e. The van der Waals surface area contributed by atoms with Gasteiger partial charge in [-0.1, -0.05) is 42.5 Å². The van der Waals surface area contributed by atoms with Crippen LogP contribution < -0.4 is 17.7 Å². The molecule has 118 valence electrons. The molecule has 22 heavy (non-hydrogen) atoms. The van der Waals surface area contributed by atoms with E-state index in [0.29, 0.717) is 12.0 Å². The highest BCUT2D eigenvalue weighted by molar-refractivity contribution is 5.26. The van der Waals surface area contributed by atoms with Gasteiger partial charge in [-0.15, -0.1) is 0 Å². The van der Waals surface area contributed by atoms with Crippen LogP contribution in [0.1, 0.15) is 29.0 Å². The maximum atomic E-state index is 12.5. The van der Waals surface area contributed by atoms with Crippen LogP contribution in [0.3, 0.4) is 0 Å². The first-order valence-corrected chi connectivity index (χ1v) is 7.08. The van der Waals surface area contributed by atoms with Gasteiger partial charge in [-0.3, -0.25) is 0 Å². The van der Waals surface area contributed by atoms with E-state index in [1.165, 1.54) is 5.56 Å². The van der Waals surface area contributed by atoms with Crippen molar-refractivity contribution in [2.75, 3.05) is 0 Å². The molecule has 0 bridgehead atoms. The summed E-state index contributed by atoms with van der Waals surface area (Å²) in [6.07, 6.45) is -3.11. The lowest BCUT2D eigenvalue weighted by Gasteiger charge is -2.07. The maximum Gasteiger partial charge on any atom is 0.416 e. The van der Waals surface area contributed by atoms with Crippen LogP contribution in [-0.2, 0) is 12.7 Å². The SMILES string of the molecule is FC(F)(F)c1ccc(C[NH2+][C@@H]2C[C@H]2c2ccccc2)cc1.[Cl-]. The molecule has 1 fully saturated rings. The van der Waals surface area contributed by atoms with Gasteiger partial charge in [0.2, 0.25) is 0 Å². The third-order valence-corrected chi connectivity index (χ3v) is 4.01. The number of hydrogen-bond acceptors (Lipinski definition) is 0. The van der Waals surface area contributed by atoms with Crippen molar-refractivity contribution in [3.8, 4) is 0 Å². The first-order valence-electron chi connectivity index (χ1n) is 7.08. The monoisotopic (exact) mass is 327 g/mol. The normalized spacial score (nSPS) is 20.3. The fourth-order valence-corrected chi connectivity index (χ4v) is 2.68. The van der Waals surface area contributed by atoms with Crippen LogP contribution in [-0.4, -0.2) is 6.04 Å². The Kier molecular flexibility index (Phi) is 5.14. The highest BCUT2D eigenvalue weighted by atomic mass is 35.5. The van der Waals surface area contributed by atoms with E-state index in [2.05, 4.69) is 17.4 Å². The number of hydrogen-bond donors (Lipinski definition) is 1. The number of rotatable bonds is 4. The Morgan fingerprint density at radius 1 is 0.955 bits per heavy atom. The summed E-state index contributed by atoms with van der Waals surface area (Å²) in [6, 6.07) is 16.4. The maximum absolute atomic E-state index is 12.5. The lowest BCUT2D eigenvalue weighted by atomic mass is 10.1. The highest BCUT2D eigenvalue weighted by Crippen LogP contribution is 2.38. The van der Waals surface area contributed by atoms with Crippen molar-refractivity contribution in [2.45, 2.75) is 31.1 Å². The molecule has 1 aliphatic carbocycles. The van der Waals surface area contributed by atoms with Crippen LogP contribution in [0.4, 0.5) is 13.2 Å². The quantitative estimate of drug-likeness (QED) is 0.833. The molecule has 2 N–H and O–H groups in total. The zero-order valence-corrected chi connectivity index (χ0v) is 12.6. The molecule has 5 heteroatoms. The molecule has 3 rings (SSSR count). The molecule has 1 nitrogen and oxygen atoms in total. The lowest BCUT2D eigenvalue weighted by Crippen LogP contribution is -3.00. The van der Waals surface area contributed by atoms with E-state index in [4.69, 9.17) is 0 Å². The van der Waals surface area contributed by atoms with Crippen LogP contribution in [0.5, 0.6) is 0 Å². The van der Waals surface area contributed by atoms with E-state index in [1.54, 1.807) is 12.1 Å². The Labute approximate surface area is 134 Å². The van der Waals surface area contributed by atoms with Crippen molar-refractivity contribution in [3.05, 3.63) is 71.3 Å². The fourth-order valence-electron chi connectivity index (χ4n) is 2.68. The Bertz CT molecular complexity index is 596. The minimum atomic E-state index is -4.25. The minimum Gasteiger partial charge on any atom is -1.00 e. The van der Waals surface area contributed by atoms with E-state index in [1.807, 2.05) is 18.2 Å². The molecule has 2 atom stereocenters. The van der Waals surface area contributed by atoms with Gasteiger partial charge in [-0.2, -0.15) is 13.2 Å². The van der Waals surface area contributed by atoms with Crippen molar-refractivity contribution < 1.29 is 30.9 Å². The lowest BCUT2D eigenvalue weighted by molar-refractivity contribution is -0.684. The van der Waals surface area contributed by atoms with Crippen LogP contribution >= 0.6 is 0 Å². The van der Waals surface area contributed by atoms with Crippen molar-refractivity contribution >= 4 is 0 Å². The predicted molar refractivity (Wildman–Crippen MR) is 74.7 cm³/mol. The minimum absolute atomic E-state index is 0. The molecular weight excluding hydrogens is 311 g/mol. The number of benzene rings is 2. The summed E-state index contributed by atoms with van der Waals surface area (Å²) < 4.78 is 37.4. The second-order valence-electron chi connectivity index (χ2n) is 5.55. The third-order valence-electron chi connectivity index (χ3n) is 4.01. The van der Waals surface area contributed by atoms with Gasteiger partial charge < -0.3 is 17.7 Å². The Morgan fingerprint density at radius 3 is 2.18 bits per heavy atom. The van der Waals surface area contributed by atoms with Gasteiger partial charge >= 0.3 is 6.18 Å². The summed E-state index contributed by atoms with van der Waals surface area (Å²) in [5.74, 6) is 0.584. The topological polar surface area (TPSA) is 16.6 Å². The third kappa shape index (κ3) is 4.02. The van der Waals surface area contributed by atoms with Crippen molar-refractivity contribution in [3.63, 3.8) is 0 Å². The molecule has 2 aromatic carbocycles. The van der Waals surface area contributed by atoms with Crippen LogP contribution in [0, 0.1) is 0 Å². The summed E-state index contributed by atoms with van der Waals surface area (Å²) in [4.78, 5) is 0. The number of halogens is 4. The van der Waals surface area contributed by atoms with Gasteiger partial charge in [-0.05, 0) is 17.7 Å². The molecule has 1 aliphatic rings. The summed E-state index contributed by atoms with van der Waals surface area (Å²) in [7, 11) is 0. The zero-order valence-electron chi connectivity index (χ0n) is 11.9. The van der Waals surface area contributed by atoms with Crippen molar-refractivity contribution in [1.29, 1.82) is 0 Å². The molecule has 0 saturated heterocycles. The summed E-state index contributed by atoms with van der Waals surface area (Å²) >= 11 is 0. The van der Waals surface area contributed by atoms with Gasteiger partial charge in [0, 0.05) is 17.9 Å². The Hall–Kier alpha value is -1.52. The smallest absolute Gasteiger partial charge is 0.416 e. The number of quaternary nitrogens is 1. The Balaban J connectivity index is 0.00000176. The molecule has 0 spiro atoms. The molecule has 1 saturated carbocycles. The highest BCUT2D eigenvalue weighted by Gasteiger charge is 2.41. The second-order valence-corrected chi connectivity index (χ2v) is 5.55.